The van der Waals surface area contributed by atoms with Crippen LogP contribution in [0.15, 0.2) is 23.7 Å². The fourth-order valence-electron chi connectivity index (χ4n) is 1.75. The molecule has 2 rings (SSSR count). The molecule has 8 nitrogen and oxygen atoms in total. The van der Waals surface area contributed by atoms with Crippen LogP contribution in [0.4, 0.5) is 20.8 Å². The Kier molecular flexibility index (Phi) is 4.91. The third-order valence-corrected chi connectivity index (χ3v) is 4.32. The van der Waals surface area contributed by atoms with Gasteiger partial charge in [-0.25, -0.2) is 26.9 Å². The van der Waals surface area contributed by atoms with Crippen LogP contribution in [0.2, 0.25) is 0 Å². The number of nitrogens with one attached hydrogen (secondary N) is 1. The third kappa shape index (κ3) is 3.63. The number of aromatic carboxylic acids is 1. The first-order valence-electron chi connectivity index (χ1n) is 5.99. The van der Waals surface area contributed by atoms with E-state index in [1.54, 1.807) is 0 Å². The van der Waals surface area contributed by atoms with Gasteiger partial charge in [-0.2, -0.15) is 0 Å². The van der Waals surface area contributed by atoms with Gasteiger partial charge in [-0.05, 0) is 12.1 Å². The molecule has 1 aromatic carbocycles. The number of benzene rings is 1. The molecule has 1 amide bonds. The third-order valence-electron chi connectivity index (χ3n) is 2.61. The Bertz CT molecular complexity index is 841. The molecular formula is C12H10FN3O5S2. The predicted octanol–water partition coefficient (Wildman–Crippen LogP) is 1.60. The second-order valence-corrected chi connectivity index (χ2v) is 5.92. The number of aromatic nitrogens is 1. The normalized spacial score (nSPS) is 10.6. The highest BCUT2D eigenvalue weighted by molar-refractivity contribution is 7.74. The fourth-order valence-corrected chi connectivity index (χ4v) is 3.36. The molecule has 0 saturated carbocycles. The van der Waals surface area contributed by atoms with Gasteiger partial charge in [-0.3, -0.25) is 4.79 Å². The van der Waals surface area contributed by atoms with Crippen molar-refractivity contribution in [3.05, 3.63) is 35.2 Å². The first-order chi connectivity index (χ1) is 10.8. The van der Waals surface area contributed by atoms with Crippen molar-refractivity contribution >= 4 is 50.5 Å². The van der Waals surface area contributed by atoms with E-state index in [9.17, 15) is 22.4 Å². The highest BCUT2D eigenvalue weighted by atomic mass is 32.2. The second-order valence-electron chi connectivity index (χ2n) is 4.21. The molecule has 0 aliphatic carbocycles. The van der Waals surface area contributed by atoms with E-state index < -0.39 is 34.3 Å². The van der Waals surface area contributed by atoms with Gasteiger partial charge in [0.15, 0.2) is 5.69 Å². The number of amides is 1. The average Bonchev–Trinajstić information content (AvgIpc) is 2.90. The number of hydrogen-bond acceptors (Lipinski definition) is 6. The smallest absolute Gasteiger partial charge is 0.357 e. The Morgan fingerprint density at radius 2 is 2.09 bits per heavy atom. The van der Waals surface area contributed by atoms with Gasteiger partial charge in [0.1, 0.15) is 10.8 Å². The largest absolute Gasteiger partial charge is 0.476 e. The maximum atomic E-state index is 14.0. The van der Waals surface area contributed by atoms with E-state index in [4.69, 9.17) is 5.11 Å². The summed E-state index contributed by atoms with van der Waals surface area (Å²) in [6.07, 6.45) is 0. The van der Waals surface area contributed by atoms with E-state index >= 15 is 0 Å². The van der Waals surface area contributed by atoms with Gasteiger partial charge in [0.2, 0.25) is 16.8 Å². The minimum Gasteiger partial charge on any atom is -0.476 e. The fraction of sp³-hybridized carbons (Fsp3) is 0.0833. The second kappa shape index (κ2) is 6.71. The summed E-state index contributed by atoms with van der Waals surface area (Å²) in [5.74, 6) is -2.75. The Labute approximate surface area is 135 Å². The van der Waals surface area contributed by atoms with Crippen LogP contribution in [-0.4, -0.2) is 30.4 Å². The van der Waals surface area contributed by atoms with Crippen molar-refractivity contribution in [3.63, 3.8) is 0 Å². The SMILES string of the molecule is CC(=O)Nc1ccc(N(c2scnc2C(=O)O)[SH](=O)=O)cc1F. The highest BCUT2D eigenvalue weighted by Gasteiger charge is 2.23. The van der Waals surface area contributed by atoms with Gasteiger partial charge in [-0.1, -0.05) is 0 Å². The van der Waals surface area contributed by atoms with E-state index in [1.165, 1.54) is 24.6 Å². The molecule has 0 radical (unpaired) electrons. The van der Waals surface area contributed by atoms with Crippen LogP contribution < -0.4 is 9.62 Å². The molecule has 1 heterocycles. The molecule has 0 aliphatic rings. The zero-order valence-electron chi connectivity index (χ0n) is 11.5. The number of halogens is 1. The Morgan fingerprint density at radius 3 is 2.61 bits per heavy atom. The summed E-state index contributed by atoms with van der Waals surface area (Å²) in [5.41, 5.74) is 0.484. The maximum absolute atomic E-state index is 14.0. The molecule has 11 heteroatoms. The van der Waals surface area contributed by atoms with Gasteiger partial charge < -0.3 is 10.4 Å². The Balaban J connectivity index is 2.51. The molecule has 23 heavy (non-hydrogen) atoms. The molecule has 0 saturated heterocycles. The molecule has 122 valence electrons. The summed E-state index contributed by atoms with van der Waals surface area (Å²) in [6.45, 7) is 1.20. The zero-order valence-corrected chi connectivity index (χ0v) is 13.2. The summed E-state index contributed by atoms with van der Waals surface area (Å²) < 4.78 is 37.6. The van der Waals surface area contributed by atoms with Crippen LogP contribution >= 0.6 is 11.3 Å². The number of carbonyl (C=O) groups is 2. The lowest BCUT2D eigenvalue weighted by molar-refractivity contribution is -0.114. The van der Waals surface area contributed by atoms with E-state index in [0.717, 1.165) is 17.4 Å². The van der Waals surface area contributed by atoms with Crippen LogP contribution in [0.5, 0.6) is 0 Å². The topological polar surface area (TPSA) is 117 Å². The van der Waals surface area contributed by atoms with Crippen molar-refractivity contribution in [2.45, 2.75) is 6.92 Å². The number of hydrogen-bond donors (Lipinski definition) is 3. The van der Waals surface area contributed by atoms with Gasteiger partial charge in [0, 0.05) is 13.0 Å². The molecule has 0 atom stereocenters. The lowest BCUT2D eigenvalue weighted by atomic mass is 10.2. The van der Waals surface area contributed by atoms with E-state index in [1.807, 2.05) is 0 Å². The van der Waals surface area contributed by atoms with Crippen molar-refractivity contribution in [1.29, 1.82) is 0 Å². The number of thiol groups is 1. The van der Waals surface area contributed by atoms with Gasteiger partial charge >= 0.3 is 5.97 Å². The number of nitrogens with zero attached hydrogens (tertiary/aromatic N) is 2. The molecule has 0 fully saturated rings. The van der Waals surface area contributed by atoms with Crippen LogP contribution in [0.1, 0.15) is 17.4 Å². The first-order valence-corrected chi connectivity index (χ1v) is 8.00. The van der Waals surface area contributed by atoms with E-state index in [0.29, 0.717) is 4.31 Å². The molecule has 2 aromatic rings. The number of rotatable bonds is 5. The molecule has 1 aromatic heterocycles. The van der Waals surface area contributed by atoms with E-state index in [2.05, 4.69) is 10.3 Å². The van der Waals surface area contributed by atoms with Crippen molar-refractivity contribution in [3.8, 4) is 0 Å². The standard InChI is InChI=1S/C12H10FN3O5S2/c1-6(17)15-9-3-2-7(4-8(9)13)16(23(20)21)11-10(12(18)19)14-5-22-11/h2-5,23H,1H3,(H,15,17)(H,18,19). The van der Waals surface area contributed by atoms with Crippen LogP contribution in [0.25, 0.3) is 0 Å². The van der Waals surface area contributed by atoms with Crippen molar-refractivity contribution in [2.75, 3.05) is 9.62 Å². The van der Waals surface area contributed by atoms with Crippen LogP contribution in [0.3, 0.4) is 0 Å². The minimum atomic E-state index is -3.28. The maximum Gasteiger partial charge on any atom is 0.357 e. The zero-order chi connectivity index (χ0) is 17.1. The minimum absolute atomic E-state index is 0.112. The molecule has 2 N–H and O–H groups in total. The molecule has 0 aliphatic heterocycles. The van der Waals surface area contributed by atoms with Crippen LogP contribution in [0, 0.1) is 5.82 Å². The molecule has 0 unspecified atom stereocenters. The summed E-state index contributed by atoms with van der Waals surface area (Å²) >= 11 is 0.788. The van der Waals surface area contributed by atoms with Crippen LogP contribution in [-0.2, 0) is 15.7 Å². The van der Waals surface area contributed by atoms with Crippen molar-refractivity contribution < 1.29 is 27.5 Å². The van der Waals surface area contributed by atoms with E-state index in [-0.39, 0.29) is 16.4 Å². The van der Waals surface area contributed by atoms with Gasteiger partial charge in [0.05, 0.1) is 16.9 Å². The van der Waals surface area contributed by atoms with Crippen molar-refractivity contribution in [1.82, 2.24) is 4.98 Å². The summed E-state index contributed by atoms with van der Waals surface area (Å²) in [6, 6.07) is 3.30. The predicted molar refractivity (Wildman–Crippen MR) is 82.2 cm³/mol. The number of carbonyl (C=O) groups excluding carboxylic acids is 1. The monoisotopic (exact) mass is 359 g/mol. The number of carboxylic acids is 1. The Hall–Kier alpha value is -2.53. The highest BCUT2D eigenvalue weighted by Crippen LogP contribution is 2.33. The Morgan fingerprint density at radius 1 is 1.39 bits per heavy atom. The summed E-state index contributed by atoms with van der Waals surface area (Å²) in [5, 5.41) is 11.1. The number of carboxylic acid groups (broad SMARTS) is 1. The van der Waals surface area contributed by atoms with Gasteiger partial charge in [0.25, 0.3) is 0 Å². The average molecular weight is 359 g/mol. The van der Waals surface area contributed by atoms with Gasteiger partial charge in [-0.15, -0.1) is 11.3 Å². The lowest BCUT2D eigenvalue weighted by Crippen LogP contribution is -2.17. The lowest BCUT2D eigenvalue weighted by Gasteiger charge is -2.17. The van der Waals surface area contributed by atoms with Crippen molar-refractivity contribution in [2.24, 2.45) is 0 Å². The number of thiazole rings is 1. The molecule has 0 spiro atoms. The quantitative estimate of drug-likeness (QED) is 0.698. The molecule has 0 bridgehead atoms. The summed E-state index contributed by atoms with van der Waals surface area (Å²) in [7, 11) is -3.28. The molecular weight excluding hydrogens is 349 g/mol. The summed E-state index contributed by atoms with van der Waals surface area (Å²) in [4.78, 5) is 25.6. The first kappa shape index (κ1) is 16.8. The number of anilines is 3.